The third kappa shape index (κ3) is 4.87. The molecule has 2 aromatic carbocycles. The topological polar surface area (TPSA) is 85.6 Å². The molecule has 0 unspecified atom stereocenters. The van der Waals surface area contributed by atoms with Crippen molar-refractivity contribution in [3.05, 3.63) is 83.6 Å². The van der Waals surface area contributed by atoms with Crippen molar-refractivity contribution in [2.24, 2.45) is 0 Å². The zero-order valence-corrected chi connectivity index (χ0v) is 16.0. The summed E-state index contributed by atoms with van der Waals surface area (Å²) in [7, 11) is 1.32. The van der Waals surface area contributed by atoms with Gasteiger partial charge in [0.05, 0.1) is 12.7 Å². The molecule has 6 heteroatoms. The van der Waals surface area contributed by atoms with Crippen LogP contribution in [0.3, 0.4) is 0 Å². The zero-order chi connectivity index (χ0) is 20.8. The summed E-state index contributed by atoms with van der Waals surface area (Å²) < 4.78 is 10.6. The van der Waals surface area contributed by atoms with Crippen molar-refractivity contribution in [3.63, 3.8) is 0 Å². The number of carbonyl (C=O) groups is 3. The Hall–Kier alpha value is -3.93. The number of ether oxygens (including phenoxy) is 1. The lowest BCUT2D eigenvalue weighted by atomic mass is 10.1. The summed E-state index contributed by atoms with van der Waals surface area (Å²) in [4.78, 5) is 35.5. The highest BCUT2D eigenvalue weighted by Crippen LogP contribution is 2.27. The Morgan fingerprint density at radius 3 is 2.55 bits per heavy atom. The van der Waals surface area contributed by atoms with Gasteiger partial charge in [-0.3, -0.25) is 9.59 Å². The van der Waals surface area contributed by atoms with Gasteiger partial charge in [0.1, 0.15) is 11.5 Å². The number of allylic oxidation sites excluding steroid dienone is 1. The molecule has 0 atom stereocenters. The van der Waals surface area contributed by atoms with Gasteiger partial charge in [0.15, 0.2) is 5.78 Å². The van der Waals surface area contributed by atoms with Crippen LogP contribution in [0.4, 0.5) is 5.69 Å². The van der Waals surface area contributed by atoms with E-state index in [1.54, 1.807) is 66.7 Å². The monoisotopic (exact) mass is 389 g/mol. The fourth-order valence-electron chi connectivity index (χ4n) is 2.78. The molecule has 0 aliphatic carbocycles. The molecule has 0 aliphatic rings. The molecule has 0 aliphatic heterocycles. The molecule has 146 valence electrons. The summed E-state index contributed by atoms with van der Waals surface area (Å²) in [5.41, 5.74) is 1.99. The van der Waals surface area contributed by atoms with Crippen molar-refractivity contribution in [3.8, 4) is 11.3 Å². The van der Waals surface area contributed by atoms with E-state index >= 15 is 0 Å². The Balaban J connectivity index is 1.79. The van der Waals surface area contributed by atoms with Gasteiger partial charge in [0.25, 0.3) is 0 Å². The number of amides is 1. The van der Waals surface area contributed by atoms with E-state index in [0.717, 1.165) is 0 Å². The van der Waals surface area contributed by atoms with E-state index in [9.17, 15) is 14.4 Å². The summed E-state index contributed by atoms with van der Waals surface area (Å²) in [6, 6.07) is 17.1. The van der Waals surface area contributed by atoms with E-state index in [4.69, 9.17) is 9.15 Å². The molecular weight excluding hydrogens is 370 g/mol. The first kappa shape index (κ1) is 19.8. The van der Waals surface area contributed by atoms with Gasteiger partial charge in [-0.2, -0.15) is 0 Å². The number of ketones is 1. The van der Waals surface area contributed by atoms with Crippen LogP contribution in [0.1, 0.15) is 33.4 Å². The summed E-state index contributed by atoms with van der Waals surface area (Å²) in [5, 5.41) is 2.64. The second-order valence-corrected chi connectivity index (χ2v) is 6.20. The summed E-state index contributed by atoms with van der Waals surface area (Å²) >= 11 is 0. The normalized spacial score (nSPS) is 10.7. The molecule has 0 spiro atoms. The van der Waals surface area contributed by atoms with Gasteiger partial charge in [0.2, 0.25) is 5.91 Å². The number of hydrogen-bond donors (Lipinski definition) is 1. The quantitative estimate of drug-likeness (QED) is 0.379. The average molecular weight is 389 g/mol. The Morgan fingerprint density at radius 2 is 1.79 bits per heavy atom. The number of anilines is 1. The van der Waals surface area contributed by atoms with Crippen molar-refractivity contribution in [1.82, 2.24) is 0 Å². The number of hydrogen-bond acceptors (Lipinski definition) is 5. The fourth-order valence-corrected chi connectivity index (χ4v) is 2.78. The number of methoxy groups -OCH3 is 1. The third-order valence-electron chi connectivity index (χ3n) is 4.09. The van der Waals surface area contributed by atoms with Crippen LogP contribution < -0.4 is 5.32 Å². The van der Waals surface area contributed by atoms with Gasteiger partial charge >= 0.3 is 5.97 Å². The smallest absolute Gasteiger partial charge is 0.338 e. The second kappa shape index (κ2) is 8.84. The first-order chi connectivity index (χ1) is 14.0. The van der Waals surface area contributed by atoms with Crippen molar-refractivity contribution in [2.75, 3.05) is 12.4 Å². The minimum absolute atomic E-state index is 0.208. The van der Waals surface area contributed by atoms with E-state index in [1.807, 2.05) is 0 Å². The molecule has 0 saturated heterocycles. The SMILES string of the molecule is COC(=O)c1ccccc1-c1ccc(/C=C/C(=O)c2cccc(NC(C)=O)c2)o1. The molecule has 6 nitrogen and oxygen atoms in total. The van der Waals surface area contributed by atoms with Crippen LogP contribution in [0.2, 0.25) is 0 Å². The van der Waals surface area contributed by atoms with Crippen LogP contribution >= 0.6 is 0 Å². The van der Waals surface area contributed by atoms with Gasteiger partial charge < -0.3 is 14.5 Å². The van der Waals surface area contributed by atoms with Gasteiger partial charge in [-0.1, -0.05) is 30.3 Å². The van der Waals surface area contributed by atoms with E-state index < -0.39 is 5.97 Å². The molecule has 1 heterocycles. The maximum absolute atomic E-state index is 12.4. The predicted octanol–water partition coefficient (Wildman–Crippen LogP) is 4.59. The fraction of sp³-hybridized carbons (Fsp3) is 0.0870. The van der Waals surface area contributed by atoms with Crippen molar-refractivity contribution >= 4 is 29.4 Å². The maximum atomic E-state index is 12.4. The zero-order valence-electron chi connectivity index (χ0n) is 16.0. The van der Waals surface area contributed by atoms with Crippen LogP contribution in [0, 0.1) is 0 Å². The number of benzene rings is 2. The minimum atomic E-state index is -0.455. The van der Waals surface area contributed by atoms with E-state index in [2.05, 4.69) is 5.32 Å². The highest BCUT2D eigenvalue weighted by atomic mass is 16.5. The standard InChI is InChI=1S/C23H19NO5/c1-15(25)24-17-7-5-6-16(14-17)21(26)12-10-18-11-13-22(29-18)19-8-3-4-9-20(19)23(27)28-2/h3-14H,1-2H3,(H,24,25)/b12-10+. The number of rotatable bonds is 6. The number of furan rings is 1. The van der Waals surface area contributed by atoms with Crippen LogP contribution in [-0.2, 0) is 9.53 Å². The van der Waals surface area contributed by atoms with E-state index in [-0.39, 0.29) is 11.7 Å². The second-order valence-electron chi connectivity index (χ2n) is 6.20. The molecule has 0 fully saturated rings. The average Bonchev–Trinajstić information content (AvgIpc) is 3.20. The maximum Gasteiger partial charge on any atom is 0.338 e. The van der Waals surface area contributed by atoms with Gasteiger partial charge in [-0.05, 0) is 42.5 Å². The lowest BCUT2D eigenvalue weighted by Crippen LogP contribution is -2.06. The first-order valence-electron chi connectivity index (χ1n) is 8.85. The Bertz CT molecular complexity index is 1090. The number of esters is 1. The van der Waals surface area contributed by atoms with Gasteiger partial charge in [-0.15, -0.1) is 0 Å². The van der Waals surface area contributed by atoms with Crippen molar-refractivity contribution in [1.29, 1.82) is 0 Å². The van der Waals surface area contributed by atoms with Gasteiger partial charge in [0, 0.05) is 23.7 Å². The summed E-state index contributed by atoms with van der Waals surface area (Å²) in [6.45, 7) is 1.40. The van der Waals surface area contributed by atoms with Crippen LogP contribution in [0.15, 0.2) is 71.2 Å². The largest absolute Gasteiger partial charge is 0.465 e. The molecule has 3 rings (SSSR count). The molecule has 0 radical (unpaired) electrons. The number of carbonyl (C=O) groups excluding carboxylic acids is 3. The summed E-state index contributed by atoms with van der Waals surface area (Å²) in [6.07, 6.45) is 2.94. The molecule has 1 N–H and O–H groups in total. The highest BCUT2D eigenvalue weighted by Gasteiger charge is 2.15. The molecular formula is C23H19NO5. The van der Waals surface area contributed by atoms with E-state index in [1.165, 1.54) is 20.1 Å². The Morgan fingerprint density at radius 1 is 1.00 bits per heavy atom. The molecule has 1 amide bonds. The predicted molar refractivity (Wildman–Crippen MR) is 110 cm³/mol. The lowest BCUT2D eigenvalue weighted by molar-refractivity contribution is -0.114. The number of nitrogens with one attached hydrogen (secondary N) is 1. The van der Waals surface area contributed by atoms with E-state index in [0.29, 0.717) is 33.9 Å². The summed E-state index contributed by atoms with van der Waals surface area (Å²) in [5.74, 6) is 0.0608. The molecule has 1 aromatic heterocycles. The van der Waals surface area contributed by atoms with Crippen LogP contribution in [-0.4, -0.2) is 24.8 Å². The molecule has 0 saturated carbocycles. The first-order valence-corrected chi connectivity index (χ1v) is 8.85. The van der Waals surface area contributed by atoms with Gasteiger partial charge in [-0.25, -0.2) is 4.79 Å². The third-order valence-corrected chi connectivity index (χ3v) is 4.09. The van der Waals surface area contributed by atoms with Crippen LogP contribution in [0.5, 0.6) is 0 Å². The lowest BCUT2D eigenvalue weighted by Gasteiger charge is -2.04. The molecule has 3 aromatic rings. The highest BCUT2D eigenvalue weighted by molar-refractivity contribution is 6.07. The Kier molecular flexibility index (Phi) is 6.04. The molecule has 29 heavy (non-hydrogen) atoms. The minimum Gasteiger partial charge on any atom is -0.465 e. The Labute approximate surface area is 167 Å². The molecule has 0 bridgehead atoms. The van der Waals surface area contributed by atoms with Crippen LogP contribution in [0.25, 0.3) is 17.4 Å². The van der Waals surface area contributed by atoms with Crippen molar-refractivity contribution in [2.45, 2.75) is 6.92 Å². The van der Waals surface area contributed by atoms with Crippen molar-refractivity contribution < 1.29 is 23.5 Å².